The van der Waals surface area contributed by atoms with Gasteiger partial charge in [0.1, 0.15) is 28.8 Å². The van der Waals surface area contributed by atoms with Gasteiger partial charge in [-0.05, 0) is 55.0 Å². The van der Waals surface area contributed by atoms with Gasteiger partial charge in [-0.1, -0.05) is 6.92 Å². The number of rotatable bonds is 5. The first-order valence-corrected chi connectivity index (χ1v) is 12.4. The van der Waals surface area contributed by atoms with Crippen LogP contribution in [0.4, 0.5) is 24.5 Å². The number of anilines is 2. The van der Waals surface area contributed by atoms with Gasteiger partial charge in [-0.15, -0.1) is 0 Å². The molecule has 11 heteroatoms. The summed E-state index contributed by atoms with van der Waals surface area (Å²) in [5.74, 6) is -3.66. The number of benzene rings is 1. The number of aliphatic hydroxyl groups is 2. The number of fused-ring (bicyclic) bond motifs is 1. The second-order valence-corrected chi connectivity index (χ2v) is 10.0. The van der Waals surface area contributed by atoms with Crippen molar-refractivity contribution >= 4 is 17.3 Å². The average molecular weight is 528 g/mol. The van der Waals surface area contributed by atoms with Crippen LogP contribution >= 0.6 is 0 Å². The van der Waals surface area contributed by atoms with Gasteiger partial charge in [0, 0.05) is 24.7 Å². The van der Waals surface area contributed by atoms with E-state index in [1.54, 1.807) is 0 Å². The van der Waals surface area contributed by atoms with E-state index in [9.17, 15) is 28.2 Å². The molecule has 3 heterocycles. The fourth-order valence-electron chi connectivity index (χ4n) is 5.42. The molecule has 1 saturated heterocycles. The molecule has 5 rings (SSSR count). The SMILES string of the molecule is C[C@@H]1CC(N)CN(c2c(NC(=O)c3ccc(F)c(-c4c(F)cc(CO)cc4F)n3)cnc3c2CCC3O)C1. The highest BCUT2D eigenvalue weighted by Crippen LogP contribution is 2.41. The molecular formula is C27H28F3N5O3. The summed E-state index contributed by atoms with van der Waals surface area (Å²) in [6.07, 6.45) is 2.71. The minimum atomic E-state index is -1.11. The summed E-state index contributed by atoms with van der Waals surface area (Å²) in [4.78, 5) is 23.7. The van der Waals surface area contributed by atoms with Crippen molar-refractivity contribution in [3.63, 3.8) is 0 Å². The van der Waals surface area contributed by atoms with Crippen LogP contribution in [0.2, 0.25) is 0 Å². The Morgan fingerprint density at radius 2 is 1.92 bits per heavy atom. The van der Waals surface area contributed by atoms with Crippen molar-refractivity contribution in [1.82, 2.24) is 9.97 Å². The van der Waals surface area contributed by atoms with Crippen molar-refractivity contribution < 1.29 is 28.2 Å². The number of amides is 1. The fraction of sp³-hybridized carbons (Fsp3) is 0.370. The minimum absolute atomic E-state index is 0.0217. The van der Waals surface area contributed by atoms with E-state index < -0.39 is 47.3 Å². The molecule has 0 spiro atoms. The van der Waals surface area contributed by atoms with E-state index in [1.165, 1.54) is 6.20 Å². The summed E-state index contributed by atoms with van der Waals surface area (Å²) < 4.78 is 43.9. The second kappa shape index (κ2) is 10.3. The summed E-state index contributed by atoms with van der Waals surface area (Å²) in [6, 6.07) is 3.73. The molecule has 5 N–H and O–H groups in total. The lowest BCUT2D eigenvalue weighted by Crippen LogP contribution is -2.47. The van der Waals surface area contributed by atoms with Crippen molar-refractivity contribution in [2.75, 3.05) is 23.3 Å². The Morgan fingerprint density at radius 3 is 2.61 bits per heavy atom. The maximum atomic E-state index is 14.6. The van der Waals surface area contributed by atoms with Crippen LogP contribution in [0, 0.1) is 23.4 Å². The van der Waals surface area contributed by atoms with Crippen LogP contribution in [-0.2, 0) is 13.0 Å². The molecule has 1 aromatic carbocycles. The first-order chi connectivity index (χ1) is 18.2. The number of aliphatic hydroxyl groups excluding tert-OH is 2. The average Bonchev–Trinajstić information content (AvgIpc) is 3.24. The van der Waals surface area contributed by atoms with E-state index in [-0.39, 0.29) is 17.3 Å². The molecule has 3 atom stereocenters. The molecule has 2 unspecified atom stereocenters. The zero-order valence-electron chi connectivity index (χ0n) is 20.7. The summed E-state index contributed by atoms with van der Waals surface area (Å²) in [6.45, 7) is 2.75. The molecule has 1 aliphatic heterocycles. The predicted molar refractivity (Wildman–Crippen MR) is 135 cm³/mol. The number of aromatic nitrogens is 2. The van der Waals surface area contributed by atoms with Crippen LogP contribution in [0.15, 0.2) is 30.5 Å². The van der Waals surface area contributed by atoms with E-state index in [2.05, 4.69) is 27.1 Å². The van der Waals surface area contributed by atoms with Gasteiger partial charge in [-0.25, -0.2) is 18.2 Å². The van der Waals surface area contributed by atoms with E-state index in [4.69, 9.17) is 5.73 Å². The fourth-order valence-corrected chi connectivity index (χ4v) is 5.42. The Bertz CT molecular complexity index is 1370. The number of hydrogen-bond acceptors (Lipinski definition) is 7. The first-order valence-electron chi connectivity index (χ1n) is 12.4. The number of halogens is 3. The monoisotopic (exact) mass is 527 g/mol. The van der Waals surface area contributed by atoms with E-state index >= 15 is 0 Å². The number of nitrogens with zero attached hydrogens (tertiary/aromatic N) is 3. The van der Waals surface area contributed by atoms with Gasteiger partial charge >= 0.3 is 0 Å². The molecule has 8 nitrogen and oxygen atoms in total. The summed E-state index contributed by atoms with van der Waals surface area (Å²) in [5, 5.41) is 22.3. The first kappa shape index (κ1) is 26.1. The van der Waals surface area contributed by atoms with Crippen molar-refractivity contribution in [3.8, 4) is 11.3 Å². The maximum absolute atomic E-state index is 14.6. The Kier molecular flexibility index (Phi) is 7.08. The molecule has 3 aromatic rings. The molecule has 200 valence electrons. The molecule has 1 fully saturated rings. The third kappa shape index (κ3) is 4.84. The van der Waals surface area contributed by atoms with Crippen LogP contribution in [0.25, 0.3) is 11.3 Å². The zero-order chi connectivity index (χ0) is 27.1. The molecule has 2 aromatic heterocycles. The number of piperidine rings is 1. The van der Waals surface area contributed by atoms with Crippen molar-refractivity contribution in [2.24, 2.45) is 11.7 Å². The van der Waals surface area contributed by atoms with E-state index in [0.717, 1.165) is 41.9 Å². The highest BCUT2D eigenvalue weighted by Gasteiger charge is 2.32. The predicted octanol–water partition coefficient (Wildman–Crippen LogP) is 3.46. The number of nitrogens with two attached hydrogens (primary N) is 1. The standard InChI is InChI=1S/C27H28F3N5O3/c1-13-6-15(31)11-35(10-13)26-16-2-5-22(37)24(16)32-9-21(26)34-27(38)20-4-3-17(28)25(33-20)23-18(29)7-14(12-36)8-19(23)30/h3-4,7-9,13,15,22,36-37H,2,5-6,10-12,31H2,1H3,(H,34,38)/t13-,15?,22?/m1/s1. The number of carbonyl (C=O) groups is 1. The Morgan fingerprint density at radius 1 is 1.18 bits per heavy atom. The van der Waals surface area contributed by atoms with Gasteiger partial charge < -0.3 is 26.2 Å². The Balaban J connectivity index is 1.51. The van der Waals surface area contributed by atoms with Crippen LogP contribution in [-0.4, -0.2) is 45.2 Å². The number of hydrogen-bond donors (Lipinski definition) is 4. The molecule has 0 radical (unpaired) electrons. The van der Waals surface area contributed by atoms with Crippen LogP contribution in [0.5, 0.6) is 0 Å². The van der Waals surface area contributed by atoms with Gasteiger partial charge in [0.05, 0.1) is 41.5 Å². The van der Waals surface area contributed by atoms with E-state index in [1.807, 2.05) is 0 Å². The topological polar surface area (TPSA) is 125 Å². The third-order valence-corrected chi connectivity index (χ3v) is 7.02. The zero-order valence-corrected chi connectivity index (χ0v) is 20.7. The lowest BCUT2D eigenvalue weighted by Gasteiger charge is -2.38. The van der Waals surface area contributed by atoms with Gasteiger partial charge in [-0.2, -0.15) is 0 Å². The largest absolute Gasteiger partial charge is 0.392 e. The lowest BCUT2D eigenvalue weighted by molar-refractivity contribution is 0.102. The normalized spacial score (nSPS) is 20.9. The van der Waals surface area contributed by atoms with Crippen molar-refractivity contribution in [2.45, 2.75) is 44.9 Å². The quantitative estimate of drug-likeness (QED) is 0.401. The lowest BCUT2D eigenvalue weighted by atomic mass is 9.95. The minimum Gasteiger partial charge on any atom is -0.392 e. The number of carbonyl (C=O) groups excluding carboxylic acids is 1. The van der Waals surface area contributed by atoms with Gasteiger partial charge in [0.25, 0.3) is 5.91 Å². The second-order valence-electron chi connectivity index (χ2n) is 10.0. The Labute approximate surface area is 217 Å². The molecule has 0 saturated carbocycles. The van der Waals surface area contributed by atoms with Crippen molar-refractivity contribution in [1.29, 1.82) is 0 Å². The molecule has 1 aliphatic carbocycles. The summed E-state index contributed by atoms with van der Waals surface area (Å²) in [7, 11) is 0. The van der Waals surface area contributed by atoms with Gasteiger partial charge in [0.15, 0.2) is 0 Å². The smallest absolute Gasteiger partial charge is 0.274 e. The highest BCUT2D eigenvalue weighted by molar-refractivity contribution is 6.05. The maximum Gasteiger partial charge on any atom is 0.274 e. The molecule has 1 amide bonds. The third-order valence-electron chi connectivity index (χ3n) is 7.02. The summed E-state index contributed by atoms with van der Waals surface area (Å²) in [5.41, 5.74) is 7.09. The Hall–Kier alpha value is -3.54. The number of pyridine rings is 2. The molecule has 2 aliphatic rings. The van der Waals surface area contributed by atoms with Crippen LogP contribution in [0.1, 0.15) is 53.2 Å². The van der Waals surface area contributed by atoms with E-state index in [0.29, 0.717) is 43.2 Å². The molecular weight excluding hydrogens is 499 g/mol. The molecule has 0 bridgehead atoms. The highest BCUT2D eigenvalue weighted by atomic mass is 19.1. The van der Waals surface area contributed by atoms with Gasteiger partial charge in [-0.3, -0.25) is 9.78 Å². The molecule has 38 heavy (non-hydrogen) atoms. The van der Waals surface area contributed by atoms with Gasteiger partial charge in [0.2, 0.25) is 0 Å². The summed E-state index contributed by atoms with van der Waals surface area (Å²) >= 11 is 0. The number of nitrogens with one attached hydrogen (secondary N) is 1. The van der Waals surface area contributed by atoms with Crippen LogP contribution < -0.4 is 16.0 Å². The van der Waals surface area contributed by atoms with Crippen LogP contribution in [0.3, 0.4) is 0 Å². The van der Waals surface area contributed by atoms with Crippen molar-refractivity contribution in [3.05, 3.63) is 70.4 Å².